The minimum absolute atomic E-state index is 0.0528. The molecule has 102 valence electrons. The van der Waals surface area contributed by atoms with Crippen molar-refractivity contribution < 1.29 is 8.42 Å². The lowest BCUT2D eigenvalue weighted by atomic mass is 10.4. The summed E-state index contributed by atoms with van der Waals surface area (Å²) in [6, 6.07) is 3.09. The summed E-state index contributed by atoms with van der Waals surface area (Å²) >= 11 is 1.59. The molecule has 0 aliphatic carbocycles. The lowest BCUT2D eigenvalue weighted by Gasteiger charge is -2.23. The van der Waals surface area contributed by atoms with Crippen molar-refractivity contribution in [3.05, 3.63) is 18.3 Å². The summed E-state index contributed by atoms with van der Waals surface area (Å²) < 4.78 is 26.1. The summed E-state index contributed by atoms with van der Waals surface area (Å²) in [5, 5.41) is -0.0528. The smallest absolute Gasteiger partial charge is 0.262 e. The third kappa shape index (κ3) is 3.14. The SMILES string of the molecule is CSCC(C)N(C)S(=O)(=O)c1ncccc1NN. The number of pyridine rings is 1. The van der Waals surface area contributed by atoms with Crippen LogP contribution in [-0.4, -0.2) is 42.8 Å². The van der Waals surface area contributed by atoms with Gasteiger partial charge in [-0.15, -0.1) is 0 Å². The molecule has 0 aliphatic heterocycles. The number of nitrogens with one attached hydrogen (secondary N) is 1. The molecule has 1 aromatic heterocycles. The van der Waals surface area contributed by atoms with Crippen molar-refractivity contribution in [2.45, 2.75) is 18.0 Å². The molecule has 0 spiro atoms. The van der Waals surface area contributed by atoms with Gasteiger partial charge in [0.25, 0.3) is 10.0 Å². The van der Waals surface area contributed by atoms with Gasteiger partial charge in [-0.25, -0.2) is 13.4 Å². The van der Waals surface area contributed by atoms with Gasteiger partial charge in [0.1, 0.15) is 0 Å². The molecule has 8 heteroatoms. The highest BCUT2D eigenvalue weighted by atomic mass is 32.2. The van der Waals surface area contributed by atoms with Gasteiger partial charge in [0.05, 0.1) is 5.69 Å². The predicted octanol–water partition coefficient (Wildman–Crippen LogP) is 0.739. The average molecular weight is 290 g/mol. The summed E-state index contributed by atoms with van der Waals surface area (Å²) in [6.07, 6.45) is 3.37. The first-order chi connectivity index (χ1) is 8.45. The maximum atomic E-state index is 12.4. The maximum Gasteiger partial charge on any atom is 0.262 e. The highest BCUT2D eigenvalue weighted by molar-refractivity contribution is 7.98. The van der Waals surface area contributed by atoms with Crippen LogP contribution in [0, 0.1) is 0 Å². The second-order valence-electron chi connectivity index (χ2n) is 3.83. The normalized spacial score (nSPS) is 13.6. The fraction of sp³-hybridized carbons (Fsp3) is 0.500. The molecular weight excluding hydrogens is 272 g/mol. The van der Waals surface area contributed by atoms with Crippen molar-refractivity contribution in [3.8, 4) is 0 Å². The van der Waals surface area contributed by atoms with E-state index in [0.717, 1.165) is 0 Å². The van der Waals surface area contributed by atoms with Gasteiger partial charge in [-0.3, -0.25) is 5.84 Å². The molecule has 1 heterocycles. The molecule has 0 bridgehead atoms. The zero-order valence-corrected chi connectivity index (χ0v) is 12.3. The molecule has 1 aromatic rings. The molecule has 6 nitrogen and oxygen atoms in total. The molecule has 18 heavy (non-hydrogen) atoms. The third-order valence-electron chi connectivity index (χ3n) is 2.58. The van der Waals surface area contributed by atoms with E-state index in [1.165, 1.54) is 10.5 Å². The molecule has 3 N–H and O–H groups in total. The first-order valence-corrected chi connectivity index (χ1v) is 8.17. The van der Waals surface area contributed by atoms with Crippen LogP contribution < -0.4 is 11.3 Å². The highest BCUT2D eigenvalue weighted by Gasteiger charge is 2.28. The molecule has 0 saturated carbocycles. The van der Waals surface area contributed by atoms with Crippen molar-refractivity contribution in [3.63, 3.8) is 0 Å². The lowest BCUT2D eigenvalue weighted by Crippen LogP contribution is -2.37. The molecule has 0 aliphatic rings. The molecule has 1 atom stereocenters. The van der Waals surface area contributed by atoms with Crippen LogP contribution in [0.2, 0.25) is 0 Å². The number of aromatic nitrogens is 1. The second kappa shape index (κ2) is 6.37. The van der Waals surface area contributed by atoms with Crippen LogP contribution in [0.5, 0.6) is 0 Å². The Morgan fingerprint density at radius 2 is 2.28 bits per heavy atom. The van der Waals surface area contributed by atoms with Gasteiger partial charge < -0.3 is 5.43 Å². The number of nitrogens with zero attached hydrogens (tertiary/aromatic N) is 2. The first-order valence-electron chi connectivity index (χ1n) is 5.33. The summed E-state index contributed by atoms with van der Waals surface area (Å²) in [5.74, 6) is 6.02. The Hall–Kier alpha value is -0.830. The van der Waals surface area contributed by atoms with E-state index in [2.05, 4.69) is 10.4 Å². The first kappa shape index (κ1) is 15.2. The predicted molar refractivity (Wildman–Crippen MR) is 74.8 cm³/mol. The summed E-state index contributed by atoms with van der Waals surface area (Å²) in [4.78, 5) is 3.91. The number of hydrogen-bond donors (Lipinski definition) is 2. The number of hydrazine groups is 1. The van der Waals surface area contributed by atoms with E-state index in [9.17, 15) is 8.42 Å². The van der Waals surface area contributed by atoms with Gasteiger partial charge in [-0.1, -0.05) is 0 Å². The fourth-order valence-electron chi connectivity index (χ4n) is 1.43. The number of anilines is 1. The van der Waals surface area contributed by atoms with Crippen LogP contribution in [0.15, 0.2) is 23.4 Å². The van der Waals surface area contributed by atoms with Crippen LogP contribution in [-0.2, 0) is 10.0 Å². The van der Waals surface area contributed by atoms with Crippen molar-refractivity contribution in [1.29, 1.82) is 0 Å². The minimum Gasteiger partial charge on any atom is -0.321 e. The quantitative estimate of drug-likeness (QED) is 0.593. The Morgan fingerprint density at radius 1 is 1.61 bits per heavy atom. The summed E-state index contributed by atoms with van der Waals surface area (Å²) in [6.45, 7) is 1.85. The summed E-state index contributed by atoms with van der Waals surface area (Å²) in [5.41, 5.74) is 2.65. The van der Waals surface area contributed by atoms with E-state index in [1.54, 1.807) is 30.9 Å². The average Bonchev–Trinajstić information content (AvgIpc) is 2.38. The molecule has 0 radical (unpaired) electrons. The number of nitrogens with two attached hydrogens (primary N) is 1. The van der Waals surface area contributed by atoms with Crippen LogP contribution in [0.4, 0.5) is 5.69 Å². The lowest BCUT2D eigenvalue weighted by molar-refractivity contribution is 0.413. The fourth-order valence-corrected chi connectivity index (χ4v) is 3.65. The Bertz CT molecular complexity index is 492. The number of hydrogen-bond acceptors (Lipinski definition) is 6. The minimum atomic E-state index is -3.64. The summed E-state index contributed by atoms with van der Waals surface area (Å²) in [7, 11) is -2.09. The van der Waals surface area contributed by atoms with Crippen molar-refractivity contribution in [1.82, 2.24) is 9.29 Å². The molecule has 0 amide bonds. The molecule has 0 fully saturated rings. The Balaban J connectivity index is 3.13. The van der Waals surface area contributed by atoms with Crippen molar-refractivity contribution in [2.24, 2.45) is 5.84 Å². The molecular formula is C10H18N4O2S2. The van der Waals surface area contributed by atoms with Crippen LogP contribution in [0.3, 0.4) is 0 Å². The number of thioether (sulfide) groups is 1. The van der Waals surface area contributed by atoms with E-state index in [0.29, 0.717) is 11.4 Å². The third-order valence-corrected chi connectivity index (χ3v) is 5.33. The zero-order valence-electron chi connectivity index (χ0n) is 10.6. The molecule has 1 rings (SSSR count). The van der Waals surface area contributed by atoms with E-state index in [1.807, 2.05) is 13.2 Å². The van der Waals surface area contributed by atoms with Gasteiger partial charge >= 0.3 is 0 Å². The topological polar surface area (TPSA) is 88.3 Å². The molecule has 0 aromatic carbocycles. The Kier molecular flexibility index (Phi) is 5.39. The van der Waals surface area contributed by atoms with Crippen LogP contribution >= 0.6 is 11.8 Å². The maximum absolute atomic E-state index is 12.4. The van der Waals surface area contributed by atoms with Gasteiger partial charge in [-0.05, 0) is 25.3 Å². The van der Waals surface area contributed by atoms with Crippen molar-refractivity contribution in [2.75, 3.05) is 24.5 Å². The number of rotatable bonds is 6. The van der Waals surface area contributed by atoms with Gasteiger partial charge in [0.2, 0.25) is 0 Å². The largest absolute Gasteiger partial charge is 0.321 e. The van der Waals surface area contributed by atoms with E-state index < -0.39 is 10.0 Å². The highest BCUT2D eigenvalue weighted by Crippen LogP contribution is 2.22. The van der Waals surface area contributed by atoms with Crippen LogP contribution in [0.1, 0.15) is 6.92 Å². The number of nitrogen functional groups attached to an aromatic ring is 1. The molecule has 1 unspecified atom stereocenters. The monoisotopic (exact) mass is 290 g/mol. The second-order valence-corrected chi connectivity index (χ2v) is 6.65. The van der Waals surface area contributed by atoms with Gasteiger partial charge in [0.15, 0.2) is 5.03 Å². The van der Waals surface area contributed by atoms with Crippen molar-refractivity contribution >= 4 is 27.5 Å². The van der Waals surface area contributed by atoms with Crippen LogP contribution in [0.25, 0.3) is 0 Å². The van der Waals surface area contributed by atoms with E-state index in [-0.39, 0.29) is 11.1 Å². The van der Waals surface area contributed by atoms with E-state index >= 15 is 0 Å². The Labute approximate surface area is 112 Å². The standard InChI is InChI=1S/C10H18N4O2S2/c1-8(7-17-3)14(2)18(15,16)10-9(13-11)5-4-6-12-10/h4-6,8,13H,7,11H2,1-3H3. The molecule has 0 saturated heterocycles. The van der Waals surface area contributed by atoms with Gasteiger partial charge in [0, 0.05) is 25.0 Å². The number of sulfonamides is 1. The van der Waals surface area contributed by atoms with Gasteiger partial charge in [-0.2, -0.15) is 16.1 Å². The Morgan fingerprint density at radius 3 is 2.83 bits per heavy atom. The zero-order chi connectivity index (χ0) is 13.8. The van der Waals surface area contributed by atoms with E-state index in [4.69, 9.17) is 5.84 Å².